The van der Waals surface area contributed by atoms with E-state index in [9.17, 15) is 14.0 Å². The number of carboxylic acids is 1. The van der Waals surface area contributed by atoms with E-state index >= 15 is 0 Å². The number of likely N-dealkylation sites (tertiary alicyclic amines) is 1. The second kappa shape index (κ2) is 7.44. The molecule has 0 aliphatic carbocycles. The van der Waals surface area contributed by atoms with E-state index in [1.54, 1.807) is 17.0 Å². The molecule has 1 fully saturated rings. The Hall–Kier alpha value is -2.11. The van der Waals surface area contributed by atoms with Crippen molar-refractivity contribution in [2.75, 3.05) is 13.2 Å². The molecule has 23 heavy (non-hydrogen) atoms. The summed E-state index contributed by atoms with van der Waals surface area (Å²) in [6.07, 6.45) is -0.345. The van der Waals surface area contributed by atoms with E-state index in [-0.39, 0.29) is 43.0 Å². The fourth-order valence-electron chi connectivity index (χ4n) is 2.68. The van der Waals surface area contributed by atoms with Crippen LogP contribution in [-0.4, -0.2) is 47.2 Å². The molecular weight excluding hydrogens is 301 g/mol. The summed E-state index contributed by atoms with van der Waals surface area (Å²) in [6.45, 7) is 4.24. The fraction of sp³-hybridized carbons (Fsp3) is 0.529. The molecule has 0 radical (unpaired) electrons. The van der Waals surface area contributed by atoms with Gasteiger partial charge in [0.25, 0.3) is 0 Å². The summed E-state index contributed by atoms with van der Waals surface area (Å²) in [5.74, 6) is -0.312. The van der Waals surface area contributed by atoms with Gasteiger partial charge in [-0.05, 0) is 30.2 Å². The normalized spacial score (nSPS) is 20.8. The van der Waals surface area contributed by atoms with E-state index in [4.69, 9.17) is 9.84 Å². The van der Waals surface area contributed by atoms with E-state index < -0.39 is 12.1 Å². The zero-order chi connectivity index (χ0) is 17.0. The molecular formula is C17H22FNO4. The monoisotopic (exact) mass is 323 g/mol. The summed E-state index contributed by atoms with van der Waals surface area (Å²) < 4.78 is 19.3. The van der Waals surface area contributed by atoms with Gasteiger partial charge in [-0.1, -0.05) is 13.8 Å². The van der Waals surface area contributed by atoms with Crippen molar-refractivity contribution < 1.29 is 23.8 Å². The number of ether oxygens (including phenoxy) is 1. The van der Waals surface area contributed by atoms with Crippen LogP contribution >= 0.6 is 0 Å². The average molecular weight is 323 g/mol. The van der Waals surface area contributed by atoms with Crippen LogP contribution in [0, 0.1) is 5.92 Å². The molecule has 1 N–H and O–H groups in total. The van der Waals surface area contributed by atoms with Crippen molar-refractivity contribution in [2.45, 2.75) is 38.9 Å². The zero-order valence-electron chi connectivity index (χ0n) is 13.4. The lowest BCUT2D eigenvalue weighted by molar-refractivity contribution is -0.133. The molecule has 1 aliphatic heterocycles. The van der Waals surface area contributed by atoms with Gasteiger partial charge in [0.1, 0.15) is 18.5 Å². The number of halogens is 1. The van der Waals surface area contributed by atoms with Crippen LogP contribution in [0.2, 0.25) is 0 Å². The molecule has 0 unspecified atom stereocenters. The molecule has 1 aromatic rings. The van der Waals surface area contributed by atoms with Crippen LogP contribution in [0.5, 0.6) is 5.75 Å². The summed E-state index contributed by atoms with van der Waals surface area (Å²) in [4.78, 5) is 24.5. The van der Waals surface area contributed by atoms with Crippen molar-refractivity contribution in [3.63, 3.8) is 0 Å². The summed E-state index contributed by atoms with van der Waals surface area (Å²) in [5, 5.41) is 8.85. The Morgan fingerprint density at radius 2 is 2.00 bits per heavy atom. The van der Waals surface area contributed by atoms with Crippen molar-refractivity contribution in [1.29, 1.82) is 0 Å². The van der Waals surface area contributed by atoms with Gasteiger partial charge in [-0.2, -0.15) is 0 Å². The minimum absolute atomic E-state index is 0.0463. The first-order valence-electron chi connectivity index (χ1n) is 7.76. The number of carbonyl (C=O) groups excluding carboxylic acids is 1. The van der Waals surface area contributed by atoms with Crippen molar-refractivity contribution >= 4 is 11.9 Å². The molecule has 126 valence electrons. The largest absolute Gasteiger partial charge is 0.491 e. The van der Waals surface area contributed by atoms with Gasteiger partial charge in [-0.3, -0.25) is 4.79 Å². The molecule has 0 aromatic heterocycles. The molecule has 5 nitrogen and oxygen atoms in total. The standard InChI is InChI=1S/C17H22FNO4/c1-11(2)7-16(20)19-9-13(18)8-14(19)10-23-15-5-3-12(4-6-15)17(21)22/h3-6,11,13-14H,7-10H2,1-2H3,(H,21,22)/t13-,14+/m1/s1. The predicted molar refractivity (Wildman–Crippen MR) is 83.4 cm³/mol. The molecule has 1 aromatic carbocycles. The third kappa shape index (κ3) is 4.68. The van der Waals surface area contributed by atoms with Crippen LogP contribution < -0.4 is 4.74 Å². The minimum Gasteiger partial charge on any atom is -0.491 e. The van der Waals surface area contributed by atoms with Crippen LogP contribution in [0.4, 0.5) is 4.39 Å². The zero-order valence-corrected chi connectivity index (χ0v) is 13.4. The smallest absolute Gasteiger partial charge is 0.335 e. The highest BCUT2D eigenvalue weighted by molar-refractivity contribution is 5.87. The van der Waals surface area contributed by atoms with Crippen LogP contribution in [0.3, 0.4) is 0 Å². The molecule has 1 heterocycles. The van der Waals surface area contributed by atoms with Gasteiger partial charge in [0.2, 0.25) is 5.91 Å². The molecule has 2 atom stereocenters. The van der Waals surface area contributed by atoms with Gasteiger partial charge in [0.05, 0.1) is 18.2 Å². The van der Waals surface area contributed by atoms with Crippen molar-refractivity contribution in [1.82, 2.24) is 4.90 Å². The topological polar surface area (TPSA) is 66.8 Å². The Bertz CT molecular complexity index is 558. The number of hydrogen-bond donors (Lipinski definition) is 1. The van der Waals surface area contributed by atoms with Crippen LogP contribution in [0.1, 0.15) is 37.0 Å². The lowest BCUT2D eigenvalue weighted by Gasteiger charge is -2.25. The number of benzene rings is 1. The number of nitrogens with zero attached hydrogens (tertiary/aromatic N) is 1. The number of amides is 1. The second-order valence-corrected chi connectivity index (χ2v) is 6.27. The Balaban J connectivity index is 1.94. The first-order chi connectivity index (χ1) is 10.9. The van der Waals surface area contributed by atoms with Gasteiger partial charge in [0, 0.05) is 12.8 Å². The molecule has 1 aliphatic rings. The molecule has 0 saturated carbocycles. The molecule has 1 saturated heterocycles. The quantitative estimate of drug-likeness (QED) is 0.874. The number of hydrogen-bond acceptors (Lipinski definition) is 3. The first kappa shape index (κ1) is 17.2. The number of carbonyl (C=O) groups is 2. The van der Waals surface area contributed by atoms with Crippen LogP contribution in [0.25, 0.3) is 0 Å². The summed E-state index contributed by atoms with van der Waals surface area (Å²) in [5.41, 5.74) is 0.177. The summed E-state index contributed by atoms with van der Waals surface area (Å²) >= 11 is 0. The van der Waals surface area contributed by atoms with E-state index in [0.29, 0.717) is 12.2 Å². The van der Waals surface area contributed by atoms with Crippen molar-refractivity contribution in [3.05, 3.63) is 29.8 Å². The summed E-state index contributed by atoms with van der Waals surface area (Å²) in [7, 11) is 0. The number of carboxylic acid groups (broad SMARTS) is 1. The first-order valence-corrected chi connectivity index (χ1v) is 7.76. The third-order valence-electron chi connectivity index (χ3n) is 3.81. The summed E-state index contributed by atoms with van der Waals surface area (Å²) in [6, 6.07) is 5.74. The highest BCUT2D eigenvalue weighted by Crippen LogP contribution is 2.23. The Kier molecular flexibility index (Phi) is 5.58. The number of aromatic carboxylic acids is 1. The maximum atomic E-state index is 13.7. The minimum atomic E-state index is -1.02. The predicted octanol–water partition coefficient (Wildman–Crippen LogP) is 2.75. The van der Waals surface area contributed by atoms with Gasteiger partial charge in [-0.15, -0.1) is 0 Å². The van der Waals surface area contributed by atoms with Crippen LogP contribution in [0.15, 0.2) is 24.3 Å². The number of alkyl halides is 1. The SMILES string of the molecule is CC(C)CC(=O)N1C[C@H](F)C[C@H]1COc1ccc(C(=O)O)cc1. The molecule has 0 spiro atoms. The van der Waals surface area contributed by atoms with E-state index in [0.717, 1.165) is 0 Å². The highest BCUT2D eigenvalue weighted by Gasteiger charge is 2.35. The Labute approximate surface area is 135 Å². The molecule has 1 amide bonds. The van der Waals surface area contributed by atoms with Gasteiger partial charge in [-0.25, -0.2) is 9.18 Å². The molecule has 2 rings (SSSR count). The Morgan fingerprint density at radius 1 is 1.35 bits per heavy atom. The molecule has 6 heteroatoms. The highest BCUT2D eigenvalue weighted by atomic mass is 19.1. The van der Waals surface area contributed by atoms with Crippen LogP contribution in [-0.2, 0) is 4.79 Å². The van der Waals surface area contributed by atoms with Crippen molar-refractivity contribution in [3.8, 4) is 5.75 Å². The maximum Gasteiger partial charge on any atom is 0.335 e. The van der Waals surface area contributed by atoms with Crippen molar-refractivity contribution in [2.24, 2.45) is 5.92 Å². The van der Waals surface area contributed by atoms with E-state index in [1.165, 1.54) is 12.1 Å². The molecule has 0 bridgehead atoms. The lowest BCUT2D eigenvalue weighted by atomic mass is 10.1. The fourth-order valence-corrected chi connectivity index (χ4v) is 2.68. The van der Waals surface area contributed by atoms with Gasteiger partial charge in [0.15, 0.2) is 0 Å². The lowest BCUT2D eigenvalue weighted by Crippen LogP contribution is -2.39. The van der Waals surface area contributed by atoms with Gasteiger partial charge < -0.3 is 14.7 Å². The average Bonchev–Trinajstić information content (AvgIpc) is 2.86. The second-order valence-electron chi connectivity index (χ2n) is 6.27. The number of rotatable bonds is 6. The Morgan fingerprint density at radius 3 is 2.57 bits per heavy atom. The van der Waals surface area contributed by atoms with E-state index in [1.807, 2.05) is 13.8 Å². The van der Waals surface area contributed by atoms with Gasteiger partial charge >= 0.3 is 5.97 Å². The maximum absolute atomic E-state index is 13.7. The third-order valence-corrected chi connectivity index (χ3v) is 3.81. The van der Waals surface area contributed by atoms with E-state index in [2.05, 4.69) is 0 Å².